The van der Waals surface area contributed by atoms with Gasteiger partial charge in [0, 0.05) is 6.54 Å². The standard InChI is InChI=1S/C10H13N3O4S/c11-8(14)3-7(9(15)16)13-10(17)12-4-6-1-2-18-5-6/h1-2,5,7H,3-4H2,(H2,11,14)(H,15,16)(H2,12,13,17). The molecule has 0 aliphatic rings. The lowest BCUT2D eigenvalue weighted by molar-refractivity contribution is -0.140. The molecule has 1 heterocycles. The van der Waals surface area contributed by atoms with E-state index in [4.69, 9.17) is 10.8 Å². The Bertz CT molecular complexity index is 432. The van der Waals surface area contributed by atoms with E-state index in [9.17, 15) is 14.4 Å². The van der Waals surface area contributed by atoms with Gasteiger partial charge in [0.1, 0.15) is 6.04 Å². The van der Waals surface area contributed by atoms with E-state index in [1.54, 1.807) is 0 Å². The second-order valence-corrected chi connectivity index (χ2v) is 4.30. The first-order chi connectivity index (χ1) is 8.49. The van der Waals surface area contributed by atoms with E-state index in [0.717, 1.165) is 5.56 Å². The highest BCUT2D eigenvalue weighted by Gasteiger charge is 2.21. The van der Waals surface area contributed by atoms with Crippen molar-refractivity contribution in [3.8, 4) is 0 Å². The summed E-state index contributed by atoms with van der Waals surface area (Å²) < 4.78 is 0. The Kier molecular flexibility index (Phi) is 5.12. The van der Waals surface area contributed by atoms with Crippen LogP contribution in [-0.4, -0.2) is 29.1 Å². The van der Waals surface area contributed by atoms with Crippen LogP contribution < -0.4 is 16.4 Å². The average molecular weight is 271 g/mol. The molecule has 98 valence electrons. The molecular weight excluding hydrogens is 258 g/mol. The van der Waals surface area contributed by atoms with Gasteiger partial charge in [-0.3, -0.25) is 4.79 Å². The third kappa shape index (κ3) is 4.83. The molecule has 0 saturated carbocycles. The van der Waals surface area contributed by atoms with Crippen molar-refractivity contribution in [2.45, 2.75) is 19.0 Å². The normalized spacial score (nSPS) is 11.6. The molecule has 0 radical (unpaired) electrons. The van der Waals surface area contributed by atoms with Crippen molar-refractivity contribution in [3.05, 3.63) is 22.4 Å². The van der Waals surface area contributed by atoms with Crippen LogP contribution in [0.25, 0.3) is 0 Å². The molecule has 0 saturated heterocycles. The van der Waals surface area contributed by atoms with E-state index in [1.807, 2.05) is 16.8 Å². The third-order valence-electron chi connectivity index (χ3n) is 2.04. The zero-order valence-electron chi connectivity index (χ0n) is 9.38. The van der Waals surface area contributed by atoms with Gasteiger partial charge in [0.25, 0.3) is 0 Å². The van der Waals surface area contributed by atoms with Crippen molar-refractivity contribution in [3.63, 3.8) is 0 Å². The number of urea groups is 1. The molecule has 0 bridgehead atoms. The largest absolute Gasteiger partial charge is 0.480 e. The van der Waals surface area contributed by atoms with Gasteiger partial charge in [-0.05, 0) is 22.4 Å². The van der Waals surface area contributed by atoms with Crippen molar-refractivity contribution in [2.75, 3.05) is 0 Å². The highest BCUT2D eigenvalue weighted by Crippen LogP contribution is 2.04. The van der Waals surface area contributed by atoms with Gasteiger partial charge in [0.15, 0.2) is 0 Å². The minimum absolute atomic E-state index is 0.290. The van der Waals surface area contributed by atoms with Gasteiger partial charge >= 0.3 is 12.0 Å². The summed E-state index contributed by atoms with van der Waals surface area (Å²) in [5, 5.41) is 17.1. The lowest BCUT2D eigenvalue weighted by Crippen LogP contribution is -2.47. The molecule has 3 amide bonds. The summed E-state index contributed by atoms with van der Waals surface area (Å²) in [6, 6.07) is -0.136. The number of primary amides is 1. The smallest absolute Gasteiger partial charge is 0.326 e. The molecule has 0 aliphatic carbocycles. The van der Waals surface area contributed by atoms with Gasteiger partial charge in [-0.25, -0.2) is 9.59 Å². The highest BCUT2D eigenvalue weighted by atomic mass is 32.1. The number of amides is 3. The van der Waals surface area contributed by atoms with Crippen molar-refractivity contribution in [1.82, 2.24) is 10.6 Å². The van der Waals surface area contributed by atoms with E-state index in [1.165, 1.54) is 11.3 Å². The maximum absolute atomic E-state index is 11.4. The molecule has 1 rings (SSSR count). The molecule has 0 fully saturated rings. The van der Waals surface area contributed by atoms with Crippen LogP contribution in [0.1, 0.15) is 12.0 Å². The molecule has 1 atom stereocenters. The van der Waals surface area contributed by atoms with Gasteiger partial charge in [-0.15, -0.1) is 0 Å². The van der Waals surface area contributed by atoms with Crippen molar-refractivity contribution >= 4 is 29.2 Å². The van der Waals surface area contributed by atoms with Crippen molar-refractivity contribution in [2.24, 2.45) is 5.73 Å². The number of nitrogens with one attached hydrogen (secondary N) is 2. The Morgan fingerprint density at radius 2 is 2.17 bits per heavy atom. The zero-order chi connectivity index (χ0) is 13.5. The molecule has 1 aromatic heterocycles. The van der Waals surface area contributed by atoms with E-state index in [-0.39, 0.29) is 6.54 Å². The highest BCUT2D eigenvalue weighted by molar-refractivity contribution is 7.07. The number of hydrogen-bond donors (Lipinski definition) is 4. The minimum Gasteiger partial charge on any atom is -0.480 e. The number of carbonyl (C=O) groups excluding carboxylic acids is 2. The third-order valence-corrected chi connectivity index (χ3v) is 2.77. The zero-order valence-corrected chi connectivity index (χ0v) is 10.2. The van der Waals surface area contributed by atoms with Crippen LogP contribution in [0, 0.1) is 0 Å². The number of carbonyl (C=O) groups is 3. The number of carboxylic acids is 1. The van der Waals surface area contributed by atoms with E-state index in [0.29, 0.717) is 0 Å². The number of aliphatic carboxylic acids is 1. The molecule has 1 unspecified atom stereocenters. The van der Waals surface area contributed by atoms with E-state index in [2.05, 4.69) is 10.6 Å². The van der Waals surface area contributed by atoms with Gasteiger partial charge in [0.05, 0.1) is 6.42 Å². The summed E-state index contributed by atoms with van der Waals surface area (Å²) in [7, 11) is 0. The molecule has 7 nitrogen and oxygen atoms in total. The predicted molar refractivity (Wildman–Crippen MR) is 64.9 cm³/mol. The SMILES string of the molecule is NC(=O)CC(NC(=O)NCc1ccsc1)C(=O)O. The number of nitrogens with two attached hydrogens (primary N) is 1. The van der Waals surface area contributed by atoms with Gasteiger partial charge in [-0.2, -0.15) is 11.3 Å². The number of rotatable bonds is 6. The fourth-order valence-electron chi connectivity index (χ4n) is 1.19. The summed E-state index contributed by atoms with van der Waals surface area (Å²) in [5.74, 6) is -2.10. The number of hydrogen-bond acceptors (Lipinski definition) is 4. The molecule has 0 aromatic carbocycles. The summed E-state index contributed by atoms with van der Waals surface area (Å²) in [4.78, 5) is 32.8. The van der Waals surface area contributed by atoms with E-state index < -0.39 is 30.4 Å². The van der Waals surface area contributed by atoms with Crippen molar-refractivity contribution in [1.29, 1.82) is 0 Å². The summed E-state index contributed by atoms with van der Waals surface area (Å²) in [6.45, 7) is 0.290. The topological polar surface area (TPSA) is 122 Å². The molecule has 1 aromatic rings. The second-order valence-electron chi connectivity index (χ2n) is 3.52. The van der Waals surface area contributed by atoms with Crippen LogP contribution in [0.15, 0.2) is 16.8 Å². The first kappa shape index (κ1) is 14.0. The Hall–Kier alpha value is -2.09. The Balaban J connectivity index is 2.41. The van der Waals surface area contributed by atoms with E-state index >= 15 is 0 Å². The lowest BCUT2D eigenvalue weighted by atomic mass is 10.2. The molecule has 8 heteroatoms. The van der Waals surface area contributed by atoms with Crippen LogP contribution >= 0.6 is 11.3 Å². The second kappa shape index (κ2) is 6.60. The van der Waals surface area contributed by atoms with Crippen molar-refractivity contribution < 1.29 is 19.5 Å². The fourth-order valence-corrected chi connectivity index (χ4v) is 1.85. The molecule has 5 N–H and O–H groups in total. The summed E-state index contributed by atoms with van der Waals surface area (Å²) >= 11 is 1.49. The first-order valence-corrected chi connectivity index (χ1v) is 6.00. The van der Waals surface area contributed by atoms with Gasteiger partial charge in [0.2, 0.25) is 5.91 Å². The Labute approximate surface area is 107 Å². The molecule has 0 aliphatic heterocycles. The Morgan fingerprint density at radius 3 is 2.67 bits per heavy atom. The lowest BCUT2D eigenvalue weighted by Gasteiger charge is -2.13. The quantitative estimate of drug-likeness (QED) is 0.576. The van der Waals surface area contributed by atoms with Gasteiger partial charge < -0.3 is 21.5 Å². The first-order valence-electron chi connectivity index (χ1n) is 5.05. The number of thiophene rings is 1. The van der Waals surface area contributed by atoms with Crippen LogP contribution in [0.2, 0.25) is 0 Å². The average Bonchev–Trinajstić information content (AvgIpc) is 2.77. The molecule has 0 spiro atoms. The summed E-state index contributed by atoms with van der Waals surface area (Å²) in [6.07, 6.45) is -0.443. The van der Waals surface area contributed by atoms with Crippen LogP contribution in [0.5, 0.6) is 0 Å². The monoisotopic (exact) mass is 271 g/mol. The van der Waals surface area contributed by atoms with Crippen LogP contribution in [0.3, 0.4) is 0 Å². The molecule has 18 heavy (non-hydrogen) atoms. The molecular formula is C10H13N3O4S. The predicted octanol–water partition coefficient (Wildman–Crippen LogP) is -0.124. The fraction of sp³-hybridized carbons (Fsp3) is 0.300. The minimum atomic E-state index is -1.31. The maximum atomic E-state index is 11.4. The summed E-state index contributed by atoms with van der Waals surface area (Å²) in [5.41, 5.74) is 5.80. The maximum Gasteiger partial charge on any atom is 0.326 e. The van der Waals surface area contributed by atoms with Gasteiger partial charge in [-0.1, -0.05) is 0 Å². The Morgan fingerprint density at radius 1 is 1.44 bits per heavy atom. The van der Waals surface area contributed by atoms with Crippen LogP contribution in [0.4, 0.5) is 4.79 Å². The number of carboxylic acid groups (broad SMARTS) is 1. The van der Waals surface area contributed by atoms with Crippen LogP contribution in [-0.2, 0) is 16.1 Å².